The number of carbonyl (C=O) groups is 1. The molecule has 150 valence electrons. The van der Waals surface area contributed by atoms with Crippen LogP contribution in [-0.2, 0) is 11.2 Å². The molecule has 1 aliphatic heterocycles. The van der Waals surface area contributed by atoms with Crippen LogP contribution in [0.1, 0.15) is 15.9 Å². The smallest absolute Gasteiger partial charge is 0.339 e. The number of benzene rings is 3. The summed E-state index contributed by atoms with van der Waals surface area (Å²) >= 11 is 1.65. The SMILES string of the molecule is COc1ccccc1SCC1Cc2cn(-c3ccccc3)c3cccc(c23)C(=O)O1. The lowest BCUT2D eigenvalue weighted by molar-refractivity contribution is 0.0363. The fraction of sp³-hybridized carbons (Fsp3) is 0.160. The van der Waals surface area contributed by atoms with Gasteiger partial charge in [0.15, 0.2) is 0 Å². The second kappa shape index (κ2) is 7.92. The molecule has 1 aliphatic rings. The Hall–Kier alpha value is -3.18. The number of ether oxygens (including phenoxy) is 2. The number of nitrogens with zero attached hydrogens (tertiary/aromatic N) is 1. The van der Waals surface area contributed by atoms with Crippen LogP contribution in [0, 0.1) is 0 Å². The topological polar surface area (TPSA) is 40.5 Å². The van der Waals surface area contributed by atoms with Gasteiger partial charge in [-0.3, -0.25) is 0 Å². The highest BCUT2D eigenvalue weighted by atomic mass is 32.2. The average molecular weight is 416 g/mol. The highest BCUT2D eigenvalue weighted by Gasteiger charge is 2.27. The van der Waals surface area contributed by atoms with Crippen molar-refractivity contribution in [2.45, 2.75) is 17.4 Å². The monoisotopic (exact) mass is 415 g/mol. The van der Waals surface area contributed by atoms with Crippen molar-refractivity contribution in [2.75, 3.05) is 12.9 Å². The molecule has 1 aromatic heterocycles. The van der Waals surface area contributed by atoms with Gasteiger partial charge in [-0.25, -0.2) is 4.79 Å². The van der Waals surface area contributed by atoms with Crippen molar-refractivity contribution in [3.8, 4) is 11.4 Å². The molecule has 5 heteroatoms. The molecule has 5 rings (SSSR count). The molecular weight excluding hydrogens is 394 g/mol. The summed E-state index contributed by atoms with van der Waals surface area (Å²) in [5, 5.41) is 0.996. The Kier molecular flexibility index (Phi) is 4.97. The normalized spacial score (nSPS) is 15.6. The fourth-order valence-electron chi connectivity index (χ4n) is 4.01. The van der Waals surface area contributed by atoms with Crippen molar-refractivity contribution < 1.29 is 14.3 Å². The van der Waals surface area contributed by atoms with Crippen LogP contribution >= 0.6 is 11.8 Å². The van der Waals surface area contributed by atoms with Gasteiger partial charge in [0.2, 0.25) is 0 Å². The van der Waals surface area contributed by atoms with Gasteiger partial charge < -0.3 is 14.0 Å². The molecule has 0 spiro atoms. The predicted molar refractivity (Wildman–Crippen MR) is 120 cm³/mol. The third-order valence-corrected chi connectivity index (χ3v) is 6.56. The average Bonchev–Trinajstić information content (AvgIpc) is 3.09. The van der Waals surface area contributed by atoms with E-state index >= 15 is 0 Å². The lowest BCUT2D eigenvalue weighted by Gasteiger charge is -2.16. The molecule has 30 heavy (non-hydrogen) atoms. The molecule has 1 unspecified atom stereocenters. The predicted octanol–water partition coefficient (Wildman–Crippen LogP) is 5.51. The number of para-hydroxylation sites is 2. The van der Waals surface area contributed by atoms with E-state index in [1.165, 1.54) is 0 Å². The number of aromatic nitrogens is 1. The molecule has 4 aromatic rings. The summed E-state index contributed by atoms with van der Waals surface area (Å²) in [6.07, 6.45) is 2.61. The number of thioether (sulfide) groups is 1. The molecule has 0 amide bonds. The first-order valence-corrected chi connectivity index (χ1v) is 10.9. The summed E-state index contributed by atoms with van der Waals surface area (Å²) in [6.45, 7) is 0. The van der Waals surface area contributed by atoms with Crippen molar-refractivity contribution >= 4 is 28.6 Å². The zero-order valence-corrected chi connectivity index (χ0v) is 17.4. The second-order valence-electron chi connectivity index (χ2n) is 7.25. The van der Waals surface area contributed by atoms with Crippen LogP contribution in [0.25, 0.3) is 16.6 Å². The minimum absolute atomic E-state index is 0.213. The third-order valence-electron chi connectivity index (χ3n) is 5.38. The summed E-state index contributed by atoms with van der Waals surface area (Å²) in [5.41, 5.74) is 3.89. The first-order valence-electron chi connectivity index (χ1n) is 9.90. The lowest BCUT2D eigenvalue weighted by atomic mass is 10.0. The first-order chi connectivity index (χ1) is 14.7. The van der Waals surface area contributed by atoms with Gasteiger partial charge in [-0.15, -0.1) is 11.8 Å². The van der Waals surface area contributed by atoms with Gasteiger partial charge in [0.05, 0.1) is 18.2 Å². The van der Waals surface area contributed by atoms with E-state index in [2.05, 4.69) is 29.0 Å². The quantitative estimate of drug-likeness (QED) is 0.318. The highest BCUT2D eigenvalue weighted by molar-refractivity contribution is 7.99. The lowest BCUT2D eigenvalue weighted by Crippen LogP contribution is -2.21. The molecule has 0 aliphatic carbocycles. The summed E-state index contributed by atoms with van der Waals surface area (Å²) in [4.78, 5) is 14.0. The van der Waals surface area contributed by atoms with Crippen molar-refractivity contribution in [1.29, 1.82) is 0 Å². The summed E-state index contributed by atoms with van der Waals surface area (Å²) in [7, 11) is 1.67. The fourth-order valence-corrected chi connectivity index (χ4v) is 5.03. The van der Waals surface area contributed by atoms with E-state index < -0.39 is 0 Å². The van der Waals surface area contributed by atoms with Crippen LogP contribution in [0.15, 0.2) is 83.9 Å². The summed E-state index contributed by atoms with van der Waals surface area (Å²) < 4.78 is 13.5. The largest absolute Gasteiger partial charge is 0.496 e. The number of cyclic esters (lactones) is 1. The Morgan fingerprint density at radius 2 is 1.83 bits per heavy atom. The van der Waals surface area contributed by atoms with Gasteiger partial charge in [-0.2, -0.15) is 0 Å². The van der Waals surface area contributed by atoms with Gasteiger partial charge in [0.1, 0.15) is 11.9 Å². The molecule has 0 saturated heterocycles. The Morgan fingerprint density at radius 1 is 1.03 bits per heavy atom. The van der Waals surface area contributed by atoms with E-state index in [9.17, 15) is 4.79 Å². The Labute approximate surface area is 179 Å². The number of hydrogen-bond acceptors (Lipinski definition) is 4. The minimum atomic E-state index is -0.254. The second-order valence-corrected chi connectivity index (χ2v) is 8.31. The maximum atomic E-state index is 12.9. The van der Waals surface area contributed by atoms with Crippen molar-refractivity contribution in [3.05, 3.63) is 90.1 Å². The van der Waals surface area contributed by atoms with Crippen LogP contribution in [0.5, 0.6) is 5.75 Å². The molecular formula is C25H21NO3S. The van der Waals surface area contributed by atoms with Gasteiger partial charge in [0, 0.05) is 34.3 Å². The number of hydrogen-bond donors (Lipinski definition) is 0. The molecule has 4 nitrogen and oxygen atoms in total. The van der Waals surface area contributed by atoms with Gasteiger partial charge in [-0.1, -0.05) is 36.4 Å². The van der Waals surface area contributed by atoms with Gasteiger partial charge >= 0.3 is 5.97 Å². The Bertz CT molecular complexity index is 1220. The van der Waals surface area contributed by atoms with E-state index in [1.54, 1.807) is 18.9 Å². The number of carbonyl (C=O) groups excluding carboxylic acids is 1. The van der Waals surface area contributed by atoms with Crippen molar-refractivity contribution in [1.82, 2.24) is 4.57 Å². The maximum Gasteiger partial charge on any atom is 0.339 e. The van der Waals surface area contributed by atoms with Crippen LogP contribution < -0.4 is 4.74 Å². The zero-order valence-electron chi connectivity index (χ0n) is 16.6. The Morgan fingerprint density at radius 3 is 2.67 bits per heavy atom. The van der Waals surface area contributed by atoms with E-state index in [4.69, 9.17) is 9.47 Å². The highest BCUT2D eigenvalue weighted by Crippen LogP contribution is 2.35. The van der Waals surface area contributed by atoms with E-state index in [0.29, 0.717) is 17.7 Å². The molecule has 2 heterocycles. The zero-order chi connectivity index (χ0) is 20.5. The Balaban J connectivity index is 1.49. The summed E-state index contributed by atoms with van der Waals surface area (Å²) in [5.74, 6) is 1.25. The number of esters is 1. The minimum Gasteiger partial charge on any atom is -0.496 e. The van der Waals surface area contributed by atoms with E-state index in [1.807, 2.05) is 54.6 Å². The first kappa shape index (κ1) is 18.8. The van der Waals surface area contributed by atoms with Gasteiger partial charge in [-0.05, 0) is 42.0 Å². The van der Waals surface area contributed by atoms with Crippen LogP contribution in [0.4, 0.5) is 0 Å². The molecule has 0 fully saturated rings. The maximum absolute atomic E-state index is 12.9. The van der Waals surface area contributed by atoms with E-state index in [-0.39, 0.29) is 12.1 Å². The standard InChI is InChI=1S/C25H21NO3S/c1-28-22-12-5-6-13-23(22)30-16-19-14-17-15-26(18-8-3-2-4-9-18)21-11-7-10-20(24(17)21)25(27)29-19/h2-13,15,19H,14,16H2,1H3. The van der Waals surface area contributed by atoms with Crippen molar-refractivity contribution in [2.24, 2.45) is 0 Å². The molecule has 0 radical (unpaired) electrons. The molecule has 0 bridgehead atoms. The van der Waals surface area contributed by atoms with Crippen LogP contribution in [-0.4, -0.2) is 29.5 Å². The third kappa shape index (κ3) is 3.35. The number of methoxy groups -OCH3 is 1. The molecule has 0 saturated carbocycles. The van der Waals surface area contributed by atoms with E-state index in [0.717, 1.165) is 32.8 Å². The summed E-state index contributed by atoms with van der Waals surface area (Å²) in [6, 6.07) is 24.0. The van der Waals surface area contributed by atoms with Crippen molar-refractivity contribution in [3.63, 3.8) is 0 Å². The van der Waals surface area contributed by atoms with Crippen LogP contribution in [0.2, 0.25) is 0 Å². The van der Waals surface area contributed by atoms with Gasteiger partial charge in [0.25, 0.3) is 0 Å². The molecule has 0 N–H and O–H groups in total. The molecule has 3 aromatic carbocycles. The number of rotatable bonds is 5. The molecule has 1 atom stereocenters. The van der Waals surface area contributed by atoms with Crippen LogP contribution in [0.3, 0.4) is 0 Å².